The summed E-state index contributed by atoms with van der Waals surface area (Å²) in [7, 11) is 0. The van der Waals surface area contributed by atoms with Gasteiger partial charge >= 0.3 is 6.03 Å². The molecule has 4 rings (SSSR count). The van der Waals surface area contributed by atoms with Gasteiger partial charge in [0.2, 0.25) is 5.95 Å². The van der Waals surface area contributed by atoms with E-state index in [1.54, 1.807) is 0 Å². The van der Waals surface area contributed by atoms with E-state index >= 15 is 0 Å². The number of piperidine rings is 1. The van der Waals surface area contributed by atoms with Crippen LogP contribution in [-0.2, 0) is 6.54 Å². The molecule has 138 valence electrons. The Morgan fingerprint density at radius 2 is 1.74 bits per heavy atom. The van der Waals surface area contributed by atoms with E-state index in [1.165, 1.54) is 0 Å². The molecule has 27 heavy (non-hydrogen) atoms. The van der Waals surface area contributed by atoms with Gasteiger partial charge in [0, 0.05) is 30.9 Å². The van der Waals surface area contributed by atoms with Crippen molar-refractivity contribution < 1.29 is 4.79 Å². The number of aromatic nitrogens is 2. The normalized spacial score (nSPS) is 15.0. The quantitative estimate of drug-likeness (QED) is 0.750. The van der Waals surface area contributed by atoms with Gasteiger partial charge in [-0.2, -0.15) is 0 Å². The Hall–Kier alpha value is -3.15. The molecule has 0 aliphatic carbocycles. The Labute approximate surface area is 158 Å². The van der Waals surface area contributed by atoms with E-state index in [2.05, 4.69) is 15.3 Å². The standard InChI is InChI=1S/C21H23N5O/c22-20-24-18-9-5-4-8-17(18)19(25-20)16-10-12-26(13-11-16)21(27)23-14-15-6-2-1-3-7-15/h1-9,16H,10-14H2,(H,23,27)(H2,22,24,25). The number of hydrogen-bond donors (Lipinski definition) is 2. The maximum Gasteiger partial charge on any atom is 0.317 e. The minimum atomic E-state index is -0.00985. The summed E-state index contributed by atoms with van der Waals surface area (Å²) in [5.41, 5.74) is 8.89. The number of nitrogen functional groups attached to an aromatic ring is 1. The van der Waals surface area contributed by atoms with Crippen molar-refractivity contribution in [1.29, 1.82) is 0 Å². The topological polar surface area (TPSA) is 84.1 Å². The maximum absolute atomic E-state index is 12.5. The van der Waals surface area contributed by atoms with Crippen molar-refractivity contribution in [1.82, 2.24) is 20.2 Å². The van der Waals surface area contributed by atoms with Crippen LogP contribution >= 0.6 is 0 Å². The van der Waals surface area contributed by atoms with Crippen LogP contribution in [0.25, 0.3) is 10.9 Å². The van der Waals surface area contributed by atoms with Crippen LogP contribution in [0.2, 0.25) is 0 Å². The van der Waals surface area contributed by atoms with E-state index in [4.69, 9.17) is 5.73 Å². The SMILES string of the molecule is Nc1nc(C2CCN(C(=O)NCc3ccccc3)CC2)c2ccccc2n1. The first-order valence-electron chi connectivity index (χ1n) is 9.29. The van der Waals surface area contributed by atoms with E-state index in [0.29, 0.717) is 31.5 Å². The Balaban J connectivity index is 1.40. The fourth-order valence-corrected chi connectivity index (χ4v) is 3.67. The number of urea groups is 1. The molecule has 0 atom stereocenters. The van der Waals surface area contributed by atoms with Gasteiger partial charge in [-0.15, -0.1) is 0 Å². The number of carbonyl (C=O) groups excluding carboxylic acids is 1. The number of amides is 2. The molecule has 0 bridgehead atoms. The number of nitrogens with one attached hydrogen (secondary N) is 1. The molecule has 2 heterocycles. The summed E-state index contributed by atoms with van der Waals surface area (Å²) in [4.78, 5) is 23.2. The fraction of sp³-hybridized carbons (Fsp3) is 0.286. The summed E-state index contributed by atoms with van der Waals surface area (Å²) in [5, 5.41) is 4.06. The molecule has 2 amide bonds. The average molecular weight is 361 g/mol. The molecule has 1 aliphatic heterocycles. The minimum absolute atomic E-state index is 0.00985. The molecule has 1 aliphatic rings. The minimum Gasteiger partial charge on any atom is -0.368 e. The Bertz CT molecular complexity index is 936. The second-order valence-corrected chi connectivity index (χ2v) is 6.89. The molecule has 3 N–H and O–H groups in total. The zero-order valence-electron chi connectivity index (χ0n) is 15.1. The zero-order valence-corrected chi connectivity index (χ0v) is 15.1. The zero-order chi connectivity index (χ0) is 18.6. The molecule has 1 aromatic heterocycles. The largest absolute Gasteiger partial charge is 0.368 e. The van der Waals surface area contributed by atoms with E-state index < -0.39 is 0 Å². The highest BCUT2D eigenvalue weighted by Gasteiger charge is 2.26. The van der Waals surface area contributed by atoms with Crippen LogP contribution in [0.1, 0.15) is 30.0 Å². The molecule has 6 nitrogen and oxygen atoms in total. The number of para-hydroxylation sites is 1. The van der Waals surface area contributed by atoms with E-state index in [0.717, 1.165) is 35.0 Å². The number of benzene rings is 2. The molecule has 0 radical (unpaired) electrons. The molecule has 1 fully saturated rings. The van der Waals surface area contributed by atoms with E-state index in [-0.39, 0.29) is 6.03 Å². The van der Waals surface area contributed by atoms with Crippen molar-refractivity contribution in [2.24, 2.45) is 0 Å². The highest BCUT2D eigenvalue weighted by molar-refractivity contribution is 5.82. The van der Waals surface area contributed by atoms with Crippen LogP contribution in [-0.4, -0.2) is 34.0 Å². The van der Waals surface area contributed by atoms with Crippen molar-refractivity contribution in [3.05, 3.63) is 65.9 Å². The Morgan fingerprint density at radius 3 is 2.52 bits per heavy atom. The second kappa shape index (κ2) is 7.61. The van der Waals surface area contributed by atoms with Gasteiger partial charge in [0.15, 0.2) is 0 Å². The molecular formula is C21H23N5O. The number of carbonyl (C=O) groups is 1. The van der Waals surface area contributed by atoms with Crippen molar-refractivity contribution in [3.8, 4) is 0 Å². The Morgan fingerprint density at radius 1 is 1.04 bits per heavy atom. The molecule has 0 unspecified atom stereocenters. The number of likely N-dealkylation sites (tertiary alicyclic amines) is 1. The van der Waals surface area contributed by atoms with Gasteiger partial charge in [0.05, 0.1) is 11.2 Å². The summed E-state index contributed by atoms with van der Waals surface area (Å²) in [6.45, 7) is 1.97. The monoisotopic (exact) mass is 361 g/mol. The van der Waals surface area contributed by atoms with Gasteiger partial charge in [-0.1, -0.05) is 48.5 Å². The van der Waals surface area contributed by atoms with Gasteiger partial charge in [0.25, 0.3) is 0 Å². The molecule has 3 aromatic rings. The maximum atomic E-state index is 12.5. The molecular weight excluding hydrogens is 338 g/mol. The van der Waals surface area contributed by atoms with Gasteiger partial charge < -0.3 is 16.0 Å². The summed E-state index contributed by atoms with van der Waals surface area (Å²) in [6, 6.07) is 17.9. The summed E-state index contributed by atoms with van der Waals surface area (Å²) >= 11 is 0. The first kappa shape index (κ1) is 17.3. The third-order valence-electron chi connectivity index (χ3n) is 5.11. The third kappa shape index (κ3) is 3.84. The first-order valence-corrected chi connectivity index (χ1v) is 9.29. The van der Waals surface area contributed by atoms with Crippen molar-refractivity contribution in [2.45, 2.75) is 25.3 Å². The number of fused-ring (bicyclic) bond motifs is 1. The number of anilines is 1. The van der Waals surface area contributed by atoms with Crippen LogP contribution in [0.3, 0.4) is 0 Å². The summed E-state index contributed by atoms with van der Waals surface area (Å²) < 4.78 is 0. The molecule has 6 heteroatoms. The number of hydrogen-bond acceptors (Lipinski definition) is 4. The highest BCUT2D eigenvalue weighted by Crippen LogP contribution is 2.31. The average Bonchev–Trinajstić information content (AvgIpc) is 2.72. The van der Waals surface area contributed by atoms with Gasteiger partial charge in [-0.05, 0) is 24.5 Å². The van der Waals surface area contributed by atoms with Crippen LogP contribution in [0.15, 0.2) is 54.6 Å². The second-order valence-electron chi connectivity index (χ2n) is 6.89. The number of nitrogens with zero attached hydrogens (tertiary/aromatic N) is 3. The van der Waals surface area contributed by atoms with Crippen LogP contribution in [0.4, 0.5) is 10.7 Å². The molecule has 1 saturated heterocycles. The van der Waals surface area contributed by atoms with Crippen LogP contribution in [0, 0.1) is 0 Å². The van der Waals surface area contributed by atoms with Crippen molar-refractivity contribution in [2.75, 3.05) is 18.8 Å². The summed E-state index contributed by atoms with van der Waals surface area (Å²) in [6.07, 6.45) is 1.75. The third-order valence-corrected chi connectivity index (χ3v) is 5.11. The predicted molar refractivity (Wildman–Crippen MR) is 106 cm³/mol. The van der Waals surface area contributed by atoms with E-state index in [1.807, 2.05) is 59.5 Å². The molecule has 0 saturated carbocycles. The highest BCUT2D eigenvalue weighted by atomic mass is 16.2. The van der Waals surface area contributed by atoms with Crippen molar-refractivity contribution in [3.63, 3.8) is 0 Å². The first-order chi connectivity index (χ1) is 13.2. The molecule has 0 spiro atoms. The van der Waals surface area contributed by atoms with Crippen LogP contribution in [0.5, 0.6) is 0 Å². The smallest absolute Gasteiger partial charge is 0.317 e. The molecule has 2 aromatic carbocycles. The summed E-state index contributed by atoms with van der Waals surface area (Å²) in [5.74, 6) is 0.602. The van der Waals surface area contributed by atoms with Gasteiger partial charge in [0.1, 0.15) is 0 Å². The lowest BCUT2D eigenvalue weighted by atomic mass is 9.91. The van der Waals surface area contributed by atoms with E-state index in [9.17, 15) is 4.79 Å². The fourth-order valence-electron chi connectivity index (χ4n) is 3.67. The van der Waals surface area contributed by atoms with Crippen molar-refractivity contribution >= 4 is 22.9 Å². The lowest BCUT2D eigenvalue weighted by Crippen LogP contribution is -2.43. The van der Waals surface area contributed by atoms with Crippen LogP contribution < -0.4 is 11.1 Å². The predicted octanol–water partition coefficient (Wildman–Crippen LogP) is 3.30. The van der Waals surface area contributed by atoms with Gasteiger partial charge in [-0.25, -0.2) is 14.8 Å². The lowest BCUT2D eigenvalue weighted by Gasteiger charge is -2.32. The van der Waals surface area contributed by atoms with Gasteiger partial charge in [-0.3, -0.25) is 0 Å². The number of nitrogens with two attached hydrogens (primary N) is 1. The number of rotatable bonds is 3. The lowest BCUT2D eigenvalue weighted by molar-refractivity contribution is 0.180. The Kier molecular flexibility index (Phi) is 4.87.